The minimum absolute atomic E-state index is 0.431. The minimum Gasteiger partial charge on any atom is -0.0622 e. The molecule has 1 aliphatic carbocycles. The third-order valence-electron chi connectivity index (χ3n) is 5.95. The highest BCUT2D eigenvalue weighted by molar-refractivity contribution is 6.40. The summed E-state index contributed by atoms with van der Waals surface area (Å²) in [5, 5.41) is 0. The summed E-state index contributed by atoms with van der Waals surface area (Å²) in [5.41, 5.74) is 11.4. The van der Waals surface area contributed by atoms with Crippen molar-refractivity contribution in [2.45, 2.75) is 5.54 Å². The van der Waals surface area contributed by atoms with Gasteiger partial charge in [-0.25, -0.2) is 0 Å². The van der Waals surface area contributed by atoms with Crippen LogP contribution in [0.4, 0.5) is 0 Å². The van der Waals surface area contributed by atoms with Gasteiger partial charge in [0.05, 0.1) is 0 Å². The third kappa shape index (κ3) is 3.28. The van der Waals surface area contributed by atoms with Crippen molar-refractivity contribution in [2.24, 2.45) is 0 Å². The van der Waals surface area contributed by atoms with Crippen molar-refractivity contribution in [3.05, 3.63) is 144 Å². The Morgan fingerprint density at radius 1 is 0.367 bits per heavy atom. The van der Waals surface area contributed by atoms with Crippen molar-refractivity contribution >= 4 is 32.5 Å². The van der Waals surface area contributed by atoms with Gasteiger partial charge in [-0.1, -0.05) is 121 Å². The van der Waals surface area contributed by atoms with Crippen LogP contribution in [0.25, 0.3) is 22.3 Å². The quantitative estimate of drug-likeness (QED) is 0.349. The molecule has 0 aromatic heterocycles. The van der Waals surface area contributed by atoms with E-state index in [1.54, 1.807) is 0 Å². The summed E-state index contributed by atoms with van der Waals surface area (Å²) in [4.78, 5) is 0. The van der Waals surface area contributed by atoms with Gasteiger partial charge < -0.3 is 0 Å². The number of benzene rings is 4. The van der Waals surface area contributed by atoms with E-state index in [4.69, 9.17) is 0 Å². The number of rotatable bonds is 4. The average Bonchev–Trinajstić information content (AvgIpc) is 3.14. The number of hydrogen-bond donors (Lipinski definition) is 0. The van der Waals surface area contributed by atoms with Crippen molar-refractivity contribution in [1.29, 1.82) is 0 Å². The van der Waals surface area contributed by atoms with E-state index in [-0.39, 0.29) is 0 Å². The van der Waals surface area contributed by atoms with E-state index in [1.807, 2.05) is 0 Å². The van der Waals surface area contributed by atoms with Crippen molar-refractivity contribution in [2.75, 3.05) is 0 Å². The van der Waals surface area contributed by atoms with E-state index in [0.29, 0.717) is 5.54 Å². The zero-order valence-electron chi connectivity index (χ0n) is 17.1. The second-order valence-corrected chi connectivity index (χ2v) is 8.92. The molecule has 0 atom stereocenters. The molecule has 0 fully saturated rings. The monoisotopic (exact) mass is 400 g/mol. The van der Waals surface area contributed by atoms with Crippen LogP contribution in [-0.4, -0.2) is 10.2 Å². The molecule has 1 aliphatic rings. The van der Waals surface area contributed by atoms with Crippen LogP contribution in [0.2, 0.25) is 5.54 Å². The molecular weight excluding hydrogens is 376 g/mol. The molecule has 144 valence electrons. The van der Waals surface area contributed by atoms with Gasteiger partial charge in [0.1, 0.15) is 0 Å². The van der Waals surface area contributed by atoms with Gasteiger partial charge in [0.25, 0.3) is 0 Å². The van der Waals surface area contributed by atoms with E-state index in [2.05, 4.69) is 121 Å². The van der Waals surface area contributed by atoms with Crippen LogP contribution < -0.4 is 0 Å². The predicted octanol–water partition coefficient (Wildman–Crippen LogP) is 6.38. The Labute approximate surface area is 181 Å². The van der Waals surface area contributed by atoms with Gasteiger partial charge in [0, 0.05) is 10.2 Å². The maximum atomic E-state index is 2.26. The van der Waals surface area contributed by atoms with Crippen LogP contribution in [0.1, 0.15) is 22.3 Å². The summed E-state index contributed by atoms with van der Waals surface area (Å²) < 4.78 is 0. The van der Waals surface area contributed by atoms with E-state index in [1.165, 1.54) is 44.5 Å². The molecule has 0 amide bonds. The Hall–Kier alpha value is -3.42. The predicted molar refractivity (Wildman–Crippen MR) is 133 cm³/mol. The molecule has 4 aromatic rings. The topological polar surface area (TPSA) is 0 Å². The maximum Gasteiger partial charge on any atom is 0.0180 e. The lowest BCUT2D eigenvalue weighted by molar-refractivity contribution is 1.40. The van der Waals surface area contributed by atoms with Crippen LogP contribution >= 0.6 is 0 Å². The van der Waals surface area contributed by atoms with E-state index >= 15 is 0 Å². The summed E-state index contributed by atoms with van der Waals surface area (Å²) in [5.74, 6) is 0. The van der Waals surface area contributed by atoms with Gasteiger partial charge in [0.2, 0.25) is 0 Å². The zero-order valence-corrected chi connectivity index (χ0v) is 19.1. The lowest BCUT2D eigenvalue weighted by Crippen LogP contribution is -1.97. The summed E-state index contributed by atoms with van der Waals surface area (Å²) in [6.45, 7) is 0. The zero-order chi connectivity index (χ0) is 20.3. The molecule has 0 saturated carbocycles. The van der Waals surface area contributed by atoms with Gasteiger partial charge in [-0.15, -0.1) is 0 Å². The molecule has 5 rings (SSSR count). The van der Waals surface area contributed by atoms with Gasteiger partial charge in [-0.05, 0) is 50.1 Å². The van der Waals surface area contributed by atoms with Gasteiger partial charge in [-0.3, -0.25) is 0 Å². The Balaban J connectivity index is 1.86. The molecule has 0 unspecified atom stereocenters. The molecular formula is C29H24Si. The second-order valence-electron chi connectivity index (χ2n) is 7.76. The van der Waals surface area contributed by atoms with Crippen molar-refractivity contribution < 1.29 is 0 Å². The average molecular weight is 401 g/mol. The molecule has 0 saturated heterocycles. The molecule has 0 radical (unpaired) electrons. The molecule has 0 bridgehead atoms. The van der Waals surface area contributed by atoms with Crippen LogP contribution in [0, 0.1) is 0 Å². The number of allylic oxidation sites excluding steroid dienone is 4. The highest BCUT2D eigenvalue weighted by Crippen LogP contribution is 2.56. The largest absolute Gasteiger partial charge is 0.0622 e. The first-order valence-corrected chi connectivity index (χ1v) is 11.7. The first kappa shape index (κ1) is 18.6. The smallest absolute Gasteiger partial charge is 0.0180 e. The van der Waals surface area contributed by atoms with E-state index in [0.717, 1.165) is 10.2 Å². The summed E-state index contributed by atoms with van der Waals surface area (Å²) in [6, 6.07) is 43.7. The lowest BCUT2D eigenvalue weighted by Gasteiger charge is -2.16. The van der Waals surface area contributed by atoms with Crippen LogP contribution in [-0.2, 0) is 0 Å². The van der Waals surface area contributed by atoms with Gasteiger partial charge in [-0.2, -0.15) is 0 Å². The first-order chi connectivity index (χ1) is 14.8. The molecule has 4 aromatic carbocycles. The van der Waals surface area contributed by atoms with Gasteiger partial charge >= 0.3 is 0 Å². The molecule has 0 aliphatic heterocycles. The van der Waals surface area contributed by atoms with E-state index in [9.17, 15) is 0 Å². The van der Waals surface area contributed by atoms with Gasteiger partial charge in [0.15, 0.2) is 0 Å². The van der Waals surface area contributed by atoms with Crippen LogP contribution in [0.5, 0.6) is 0 Å². The van der Waals surface area contributed by atoms with Crippen molar-refractivity contribution in [3.63, 3.8) is 0 Å². The second kappa shape index (κ2) is 8.14. The fourth-order valence-electron chi connectivity index (χ4n) is 4.68. The maximum absolute atomic E-state index is 2.26. The molecule has 0 heterocycles. The lowest BCUT2D eigenvalue weighted by atomic mass is 9.89. The highest BCUT2D eigenvalue weighted by atomic mass is 28.1. The Morgan fingerprint density at radius 2 is 0.633 bits per heavy atom. The SMILES string of the molecule is [SiH3]C1C(c2ccccc2)=C(c2ccccc2)C(c2ccccc2)=C1c1ccccc1. The fraction of sp³-hybridized carbons (Fsp3) is 0.0345. The summed E-state index contributed by atoms with van der Waals surface area (Å²) >= 11 is 0. The first-order valence-electron chi connectivity index (χ1n) is 10.5. The van der Waals surface area contributed by atoms with E-state index < -0.39 is 0 Å². The van der Waals surface area contributed by atoms with Crippen molar-refractivity contribution in [1.82, 2.24) is 0 Å². The summed E-state index contributed by atoms with van der Waals surface area (Å²) in [6.07, 6.45) is 0. The Bertz CT molecular complexity index is 1110. The molecule has 30 heavy (non-hydrogen) atoms. The fourth-order valence-corrected chi connectivity index (χ4v) is 5.92. The van der Waals surface area contributed by atoms with Crippen LogP contribution in [0.3, 0.4) is 0 Å². The summed E-state index contributed by atoms with van der Waals surface area (Å²) in [7, 11) is 1.05. The third-order valence-corrected chi connectivity index (χ3v) is 7.10. The molecule has 0 nitrogen and oxygen atoms in total. The Kier molecular flexibility index (Phi) is 5.04. The molecule has 0 spiro atoms. The number of hydrogen-bond acceptors (Lipinski definition) is 0. The normalized spacial score (nSPS) is 14.5. The molecule has 0 N–H and O–H groups in total. The van der Waals surface area contributed by atoms with Crippen molar-refractivity contribution in [3.8, 4) is 0 Å². The minimum atomic E-state index is 0.431. The standard InChI is InChI=1S/C29H24Si/c30-29-27(23-17-9-3-10-18-23)25(21-13-5-1-6-14-21)26(22-15-7-2-8-16-22)28(29)24-19-11-4-12-20-24/h1-20,29H,30H3. The molecule has 1 heteroatoms. The van der Waals surface area contributed by atoms with Crippen LogP contribution in [0.15, 0.2) is 121 Å². The Morgan fingerprint density at radius 3 is 0.933 bits per heavy atom. The highest BCUT2D eigenvalue weighted by Gasteiger charge is 2.33.